The molecule has 3 rings (SSSR count). The molecule has 1 amide bonds. The zero-order valence-electron chi connectivity index (χ0n) is 13.6. The van der Waals surface area contributed by atoms with Gasteiger partial charge >= 0.3 is 0 Å². The second-order valence-corrected chi connectivity index (χ2v) is 6.71. The molecule has 0 radical (unpaired) electrons. The van der Waals surface area contributed by atoms with E-state index in [1.807, 2.05) is 12.3 Å². The molecule has 1 N–H and O–H groups in total. The highest BCUT2D eigenvalue weighted by molar-refractivity contribution is 7.14. The summed E-state index contributed by atoms with van der Waals surface area (Å²) in [4.78, 5) is 16.6. The van der Waals surface area contributed by atoms with Gasteiger partial charge in [0.2, 0.25) is 0 Å². The van der Waals surface area contributed by atoms with Crippen molar-refractivity contribution in [3.63, 3.8) is 0 Å². The normalized spacial score (nSPS) is 15.0. The fourth-order valence-electron chi connectivity index (χ4n) is 3.00. The van der Waals surface area contributed by atoms with E-state index in [0.717, 1.165) is 17.7 Å². The summed E-state index contributed by atoms with van der Waals surface area (Å²) in [6.45, 7) is 1.92. The van der Waals surface area contributed by atoms with Gasteiger partial charge in [0.05, 0.1) is 5.69 Å². The van der Waals surface area contributed by atoms with Crippen molar-refractivity contribution in [3.05, 3.63) is 34.7 Å². The number of hydrogen-bond acceptors (Lipinski definition) is 4. The second kappa shape index (κ2) is 7.23. The second-order valence-electron chi connectivity index (χ2n) is 5.85. The topological polar surface area (TPSA) is 51.2 Å². The lowest BCUT2D eigenvalue weighted by Gasteiger charge is -2.16. The number of aromatic nitrogens is 1. The maximum atomic E-state index is 12.0. The van der Waals surface area contributed by atoms with E-state index < -0.39 is 6.10 Å². The minimum Gasteiger partial charge on any atom is -0.372 e. The van der Waals surface area contributed by atoms with Crippen LogP contribution in [0.25, 0.3) is 11.3 Å². The van der Waals surface area contributed by atoms with Crippen LogP contribution in [-0.4, -0.2) is 24.1 Å². The number of carbonyl (C=O) groups excluding carboxylic acids is 1. The molecule has 0 aliphatic heterocycles. The Kier molecular flexibility index (Phi) is 5.08. The van der Waals surface area contributed by atoms with Crippen LogP contribution in [0.2, 0.25) is 0 Å². The van der Waals surface area contributed by atoms with Crippen LogP contribution < -0.4 is 5.32 Å². The molecule has 0 saturated heterocycles. The Labute approximate surface area is 140 Å². The summed E-state index contributed by atoms with van der Waals surface area (Å²) >= 11 is 1.45. The summed E-state index contributed by atoms with van der Waals surface area (Å²) in [5.41, 5.74) is 4.96. The lowest BCUT2D eigenvalue weighted by atomic mass is 9.90. The molecule has 1 heterocycles. The number of thiazole rings is 1. The van der Waals surface area contributed by atoms with Gasteiger partial charge in [-0.05, 0) is 49.3 Å². The number of benzene rings is 1. The molecule has 1 aromatic carbocycles. The number of carbonyl (C=O) groups is 1. The van der Waals surface area contributed by atoms with E-state index in [9.17, 15) is 4.79 Å². The van der Waals surface area contributed by atoms with Gasteiger partial charge in [0, 0.05) is 18.1 Å². The average molecular weight is 330 g/mol. The van der Waals surface area contributed by atoms with Gasteiger partial charge in [0.1, 0.15) is 6.10 Å². The van der Waals surface area contributed by atoms with Crippen LogP contribution in [0.1, 0.15) is 37.3 Å². The number of nitrogens with zero attached hydrogens (tertiary/aromatic N) is 1. The summed E-state index contributed by atoms with van der Waals surface area (Å²) in [5.74, 6) is -0.138. The minimum absolute atomic E-state index is 0.138. The smallest absolute Gasteiger partial charge is 0.255 e. The summed E-state index contributed by atoms with van der Waals surface area (Å²) in [7, 11) is 1.55. The number of fused-ring (bicyclic) bond motifs is 1. The standard InChI is InChI=1S/C18H22N2O2S/c1-3-16(22-2)17(21)20-18-19-15(11-23-18)14-9-8-12-6-4-5-7-13(12)10-14/h8-11,16H,3-7H2,1-2H3,(H,19,20,21)/t16-/m0/s1. The lowest BCUT2D eigenvalue weighted by molar-refractivity contribution is -0.125. The SMILES string of the molecule is CC[C@H](OC)C(=O)Nc1nc(-c2ccc3c(c2)CCCC3)cs1. The third-order valence-corrected chi connectivity index (χ3v) is 5.08. The van der Waals surface area contributed by atoms with E-state index >= 15 is 0 Å². The molecule has 5 heteroatoms. The van der Waals surface area contributed by atoms with E-state index in [4.69, 9.17) is 4.74 Å². The van der Waals surface area contributed by atoms with Gasteiger partial charge in [-0.1, -0.05) is 19.1 Å². The van der Waals surface area contributed by atoms with Crippen LogP contribution in [0.4, 0.5) is 5.13 Å². The third kappa shape index (κ3) is 3.62. The van der Waals surface area contributed by atoms with Crippen molar-refractivity contribution in [3.8, 4) is 11.3 Å². The van der Waals surface area contributed by atoms with Gasteiger partial charge in [-0.25, -0.2) is 4.98 Å². The van der Waals surface area contributed by atoms with Gasteiger partial charge in [-0.15, -0.1) is 11.3 Å². The van der Waals surface area contributed by atoms with Crippen LogP contribution >= 0.6 is 11.3 Å². The number of nitrogens with one attached hydrogen (secondary N) is 1. The van der Waals surface area contributed by atoms with Crippen LogP contribution in [0.3, 0.4) is 0 Å². The molecular formula is C18H22N2O2S. The Morgan fingerprint density at radius 2 is 2.13 bits per heavy atom. The maximum absolute atomic E-state index is 12.0. The Morgan fingerprint density at radius 1 is 1.35 bits per heavy atom. The van der Waals surface area contributed by atoms with Gasteiger partial charge in [0.15, 0.2) is 5.13 Å². The summed E-state index contributed by atoms with van der Waals surface area (Å²) in [6.07, 6.45) is 5.12. The molecule has 1 atom stereocenters. The van der Waals surface area contributed by atoms with E-state index in [-0.39, 0.29) is 5.91 Å². The predicted molar refractivity (Wildman–Crippen MR) is 93.9 cm³/mol. The van der Waals surface area contributed by atoms with Gasteiger partial charge in [-0.2, -0.15) is 0 Å². The monoisotopic (exact) mass is 330 g/mol. The molecule has 4 nitrogen and oxygen atoms in total. The highest BCUT2D eigenvalue weighted by Gasteiger charge is 2.17. The first kappa shape index (κ1) is 16.1. The molecular weight excluding hydrogens is 308 g/mol. The number of rotatable bonds is 5. The number of amides is 1. The summed E-state index contributed by atoms with van der Waals surface area (Å²) < 4.78 is 5.15. The molecule has 1 aliphatic rings. The van der Waals surface area contributed by atoms with Gasteiger partial charge in [-0.3, -0.25) is 10.1 Å². The minimum atomic E-state index is -0.425. The zero-order valence-corrected chi connectivity index (χ0v) is 14.4. The first-order valence-electron chi connectivity index (χ1n) is 8.12. The van der Waals surface area contributed by atoms with Crippen molar-refractivity contribution >= 4 is 22.4 Å². The van der Waals surface area contributed by atoms with Crippen LogP contribution in [-0.2, 0) is 22.4 Å². The highest BCUT2D eigenvalue weighted by atomic mass is 32.1. The molecule has 0 unspecified atom stereocenters. The molecule has 1 aliphatic carbocycles. The Morgan fingerprint density at radius 3 is 2.87 bits per heavy atom. The zero-order chi connectivity index (χ0) is 16.2. The summed E-state index contributed by atoms with van der Waals surface area (Å²) in [5, 5.41) is 5.46. The number of hydrogen-bond donors (Lipinski definition) is 1. The quantitative estimate of drug-likeness (QED) is 0.899. The molecule has 0 saturated carbocycles. The van der Waals surface area contributed by atoms with E-state index in [2.05, 4.69) is 28.5 Å². The largest absolute Gasteiger partial charge is 0.372 e. The molecule has 0 bridgehead atoms. The number of ether oxygens (including phenoxy) is 1. The van der Waals surface area contributed by atoms with Crippen LogP contribution in [0.5, 0.6) is 0 Å². The number of aryl methyl sites for hydroxylation is 2. The van der Waals surface area contributed by atoms with Crippen molar-refractivity contribution in [1.82, 2.24) is 4.98 Å². The Hall–Kier alpha value is -1.72. The lowest BCUT2D eigenvalue weighted by Crippen LogP contribution is -2.28. The fraction of sp³-hybridized carbons (Fsp3) is 0.444. The first-order chi connectivity index (χ1) is 11.2. The Balaban J connectivity index is 1.75. The Bertz CT molecular complexity index is 692. The number of anilines is 1. The van der Waals surface area contributed by atoms with E-state index in [0.29, 0.717) is 11.6 Å². The van der Waals surface area contributed by atoms with Gasteiger partial charge < -0.3 is 4.74 Å². The van der Waals surface area contributed by atoms with E-state index in [1.54, 1.807) is 7.11 Å². The molecule has 2 aromatic rings. The fourth-order valence-corrected chi connectivity index (χ4v) is 3.72. The molecule has 122 valence electrons. The summed E-state index contributed by atoms with van der Waals surface area (Å²) in [6, 6.07) is 6.60. The predicted octanol–water partition coefficient (Wildman–Crippen LogP) is 4.05. The molecule has 1 aromatic heterocycles. The van der Waals surface area contributed by atoms with Gasteiger partial charge in [0.25, 0.3) is 5.91 Å². The van der Waals surface area contributed by atoms with Crippen LogP contribution in [0, 0.1) is 0 Å². The highest BCUT2D eigenvalue weighted by Crippen LogP contribution is 2.29. The average Bonchev–Trinajstić information content (AvgIpc) is 3.04. The molecule has 0 spiro atoms. The van der Waals surface area contributed by atoms with Crippen molar-refractivity contribution in [1.29, 1.82) is 0 Å². The molecule has 0 fully saturated rings. The van der Waals surface area contributed by atoms with Crippen molar-refractivity contribution in [2.24, 2.45) is 0 Å². The first-order valence-corrected chi connectivity index (χ1v) is 9.00. The van der Waals surface area contributed by atoms with Crippen molar-refractivity contribution in [2.75, 3.05) is 12.4 Å². The van der Waals surface area contributed by atoms with Crippen LogP contribution in [0.15, 0.2) is 23.6 Å². The van der Waals surface area contributed by atoms with E-state index in [1.165, 1.54) is 41.7 Å². The van der Waals surface area contributed by atoms with Crippen molar-refractivity contribution < 1.29 is 9.53 Å². The maximum Gasteiger partial charge on any atom is 0.255 e. The molecule has 23 heavy (non-hydrogen) atoms. The third-order valence-electron chi connectivity index (χ3n) is 4.33. The number of methoxy groups -OCH3 is 1. The van der Waals surface area contributed by atoms with Crippen molar-refractivity contribution in [2.45, 2.75) is 45.1 Å².